The van der Waals surface area contributed by atoms with Crippen LogP contribution in [0.3, 0.4) is 0 Å². The largest absolute Gasteiger partial charge is 0.323 e. The smallest absolute Gasteiger partial charge is 0.183 e. The van der Waals surface area contributed by atoms with E-state index in [9.17, 15) is 9.59 Å². The third-order valence-electron chi connectivity index (χ3n) is 19.5. The average molecular weight is 1220 g/mol. The van der Waals surface area contributed by atoms with Crippen molar-refractivity contribution in [2.45, 2.75) is 202 Å². The summed E-state index contributed by atoms with van der Waals surface area (Å²) < 4.78 is 15.0. The number of ketones is 2. The SMILES string of the molecule is C.Cc1c2c(nn1C)C(=O)CC2.Cc1c2c(nn1C)C(N)CC2.Cc1c2c(nn1C)[C@@H](N)CC2.Cc1c2c(nn1C)[C@H](N)CC2.Cc1nn(C)c2c1CCC2=O.Cc1nn(C)c2c1CCC2N.Cc1nn(C)c2c1CC[C@@H]2N.Cc1nn(C)c2c1CC[C@H]2N. The van der Waals surface area contributed by atoms with Crippen molar-refractivity contribution in [3.05, 3.63) is 136 Å². The number of hydrogen-bond donors (Lipinski definition) is 6. The molecule has 0 bridgehead atoms. The summed E-state index contributed by atoms with van der Waals surface area (Å²) in [4.78, 5) is 22.4. The second kappa shape index (κ2) is 27.5. The highest BCUT2D eigenvalue weighted by atomic mass is 16.1. The van der Waals surface area contributed by atoms with E-state index in [-0.39, 0.29) is 55.2 Å². The molecule has 0 saturated heterocycles. The molecular weight excluding hydrogens is 1120 g/mol. The molecule has 0 saturated carbocycles. The number of fused-ring (bicyclic) bond motifs is 8. The maximum Gasteiger partial charge on any atom is 0.183 e. The number of nitrogens with zero attached hydrogens (tertiary/aromatic N) is 16. The molecule has 8 aromatic heterocycles. The van der Waals surface area contributed by atoms with Gasteiger partial charge in [-0.25, -0.2) is 0 Å². The van der Waals surface area contributed by atoms with Gasteiger partial charge in [-0.05, 0) is 179 Å². The maximum atomic E-state index is 11.2. The van der Waals surface area contributed by atoms with Crippen molar-refractivity contribution in [2.24, 2.45) is 90.8 Å². The zero-order valence-corrected chi connectivity index (χ0v) is 55.2. The van der Waals surface area contributed by atoms with Gasteiger partial charge in [0.05, 0.1) is 56.9 Å². The van der Waals surface area contributed by atoms with Gasteiger partial charge in [-0.15, -0.1) is 0 Å². The normalized spacial score (nSPS) is 20.4. The van der Waals surface area contributed by atoms with Crippen LogP contribution in [0.4, 0.5) is 0 Å². The summed E-state index contributed by atoms with van der Waals surface area (Å²) in [5.74, 6) is 0.437. The Morgan fingerprint density at radius 3 is 0.876 bits per heavy atom. The van der Waals surface area contributed by atoms with Crippen molar-refractivity contribution >= 4 is 11.6 Å². The summed E-state index contributed by atoms with van der Waals surface area (Å²) in [5.41, 5.74) is 63.8. The minimum atomic E-state index is 0. The Morgan fingerprint density at radius 2 is 0.562 bits per heavy atom. The lowest BCUT2D eigenvalue weighted by molar-refractivity contribution is 0.0979. The van der Waals surface area contributed by atoms with Crippen LogP contribution >= 0.6 is 0 Å². The van der Waals surface area contributed by atoms with Crippen molar-refractivity contribution in [3.63, 3.8) is 0 Å². The molecule has 2 unspecified atom stereocenters. The lowest BCUT2D eigenvalue weighted by atomic mass is 10.2. The van der Waals surface area contributed by atoms with Crippen molar-refractivity contribution in [3.8, 4) is 0 Å². The number of nitrogens with two attached hydrogens (primary N) is 6. The zero-order chi connectivity index (χ0) is 64.1. The molecule has 0 aromatic carbocycles. The first-order valence-corrected chi connectivity index (χ1v) is 31.4. The van der Waals surface area contributed by atoms with Gasteiger partial charge in [-0.1, -0.05) is 7.43 Å². The van der Waals surface area contributed by atoms with E-state index >= 15 is 0 Å². The molecule has 24 heteroatoms. The standard InChI is InChI=1S/6C8H13N3.2C8H10N2O.CH4/c3*1-5-6-3-4-7(9)8(6)10-11(5)2;3*1-5-6-3-4-7(9)8(6)11(2)10-5;1-5-6-3-4-7(11)8(6)9-10(5)2;1-5-6-3-4-7(11)8(6)10(2)9-5;/h6*7H,3-4,9H2,1-2H3;2*3-4H2,1-2H3;1H4/t2*7-;;2*7-;;;;/m10.10..../s1. The fourth-order valence-corrected chi connectivity index (χ4v) is 14.2. The summed E-state index contributed by atoms with van der Waals surface area (Å²) in [5, 5.41) is 34.4. The molecule has 0 amide bonds. The van der Waals surface area contributed by atoms with Gasteiger partial charge in [0.15, 0.2) is 11.6 Å². The van der Waals surface area contributed by atoms with Crippen molar-refractivity contribution < 1.29 is 9.59 Å². The maximum absolute atomic E-state index is 11.2. The fraction of sp³-hybridized carbons (Fsp3) is 0.600. The van der Waals surface area contributed by atoms with Gasteiger partial charge < -0.3 is 34.4 Å². The molecule has 8 aromatic rings. The Balaban J connectivity index is 0.000000131. The molecule has 8 aliphatic carbocycles. The van der Waals surface area contributed by atoms with E-state index in [2.05, 4.69) is 82.3 Å². The number of Topliss-reactive ketones (excluding diaryl/α,β-unsaturated/α-hetero) is 2. The van der Waals surface area contributed by atoms with E-state index < -0.39 is 0 Å². The number of aryl methyl sites for hydroxylation is 12. The van der Waals surface area contributed by atoms with E-state index in [4.69, 9.17) is 34.4 Å². The number of rotatable bonds is 0. The lowest BCUT2D eigenvalue weighted by Gasteiger charge is -2.03. The summed E-state index contributed by atoms with van der Waals surface area (Å²) in [7, 11) is 15.5. The first kappa shape index (κ1) is 67.7. The van der Waals surface area contributed by atoms with Gasteiger partial charge in [-0.3, -0.25) is 47.0 Å². The van der Waals surface area contributed by atoms with Gasteiger partial charge in [0, 0.05) is 139 Å². The van der Waals surface area contributed by atoms with E-state index in [1.54, 1.807) is 9.36 Å². The minimum absolute atomic E-state index is 0. The first-order valence-electron chi connectivity index (χ1n) is 31.4. The van der Waals surface area contributed by atoms with Gasteiger partial charge in [0.1, 0.15) is 11.4 Å². The van der Waals surface area contributed by atoms with E-state index in [0.29, 0.717) is 18.5 Å². The molecule has 484 valence electrons. The van der Waals surface area contributed by atoms with E-state index in [1.165, 1.54) is 67.5 Å². The Kier molecular flexibility index (Phi) is 20.9. The van der Waals surface area contributed by atoms with Crippen LogP contribution in [-0.4, -0.2) is 89.8 Å². The van der Waals surface area contributed by atoms with Crippen molar-refractivity contribution in [2.75, 3.05) is 0 Å². The second-order valence-corrected chi connectivity index (χ2v) is 25.2. The number of carbonyl (C=O) groups is 2. The average Bonchev–Trinajstić information content (AvgIpc) is 3.50. The molecule has 6 atom stereocenters. The number of carbonyl (C=O) groups excluding carboxylic acids is 2. The van der Waals surface area contributed by atoms with Crippen LogP contribution in [0.5, 0.6) is 0 Å². The molecular formula is C65H102N22O2. The van der Waals surface area contributed by atoms with Crippen LogP contribution < -0.4 is 34.4 Å². The zero-order valence-electron chi connectivity index (χ0n) is 55.2. The molecule has 16 rings (SSSR count). The van der Waals surface area contributed by atoms with Crippen molar-refractivity contribution in [1.82, 2.24) is 78.2 Å². The summed E-state index contributed by atoms with van der Waals surface area (Å²) in [6.45, 7) is 16.4. The molecule has 89 heavy (non-hydrogen) atoms. The second-order valence-electron chi connectivity index (χ2n) is 25.2. The highest BCUT2D eigenvalue weighted by Gasteiger charge is 2.31. The Labute approximate surface area is 525 Å². The third-order valence-corrected chi connectivity index (χ3v) is 19.5. The van der Waals surface area contributed by atoms with Crippen molar-refractivity contribution in [1.29, 1.82) is 0 Å². The van der Waals surface area contributed by atoms with Gasteiger partial charge in [0.25, 0.3) is 0 Å². The Bertz CT molecular complexity index is 3580. The van der Waals surface area contributed by atoms with Crippen LogP contribution in [0.1, 0.15) is 240 Å². The fourth-order valence-electron chi connectivity index (χ4n) is 14.2. The molecule has 0 aliphatic heterocycles. The van der Waals surface area contributed by atoms with E-state index in [0.717, 1.165) is 152 Å². The highest BCUT2D eigenvalue weighted by molar-refractivity contribution is 5.99. The summed E-state index contributed by atoms with van der Waals surface area (Å²) in [6.07, 6.45) is 16.2. The van der Waals surface area contributed by atoms with Gasteiger partial charge >= 0.3 is 0 Å². The quantitative estimate of drug-likeness (QED) is 0.0957. The van der Waals surface area contributed by atoms with Crippen LogP contribution in [0.25, 0.3) is 0 Å². The number of hydrogen-bond acceptors (Lipinski definition) is 16. The van der Waals surface area contributed by atoms with Crippen LogP contribution in [0.2, 0.25) is 0 Å². The highest BCUT2D eigenvalue weighted by Crippen LogP contribution is 2.35. The minimum Gasteiger partial charge on any atom is -0.323 e. The van der Waals surface area contributed by atoms with E-state index in [1.807, 2.05) is 98.3 Å². The molecule has 8 heterocycles. The molecule has 0 radical (unpaired) electrons. The molecule has 0 spiro atoms. The topological polar surface area (TPSA) is 333 Å². The molecule has 12 N–H and O–H groups in total. The van der Waals surface area contributed by atoms with Crippen LogP contribution in [0.15, 0.2) is 0 Å². The van der Waals surface area contributed by atoms with Crippen LogP contribution in [-0.2, 0) is 108 Å². The third kappa shape index (κ3) is 13.5. The predicted octanol–water partition coefficient (Wildman–Crippen LogP) is 6.40. The molecule has 24 nitrogen and oxygen atoms in total. The predicted molar refractivity (Wildman–Crippen MR) is 347 cm³/mol. The van der Waals surface area contributed by atoms with Gasteiger partial charge in [-0.2, -0.15) is 40.8 Å². The molecule has 0 fully saturated rings. The van der Waals surface area contributed by atoms with Gasteiger partial charge in [0.2, 0.25) is 0 Å². The summed E-state index contributed by atoms with van der Waals surface area (Å²) in [6, 6.07) is 1.21. The summed E-state index contributed by atoms with van der Waals surface area (Å²) >= 11 is 0. The van der Waals surface area contributed by atoms with Crippen LogP contribution in [0, 0.1) is 55.4 Å². The Hall–Kier alpha value is -7.22. The molecule has 8 aliphatic rings. The lowest BCUT2D eigenvalue weighted by Crippen LogP contribution is -2.10. The number of aromatic nitrogens is 16. The Morgan fingerprint density at radius 1 is 0.292 bits per heavy atom. The monoisotopic (exact) mass is 1220 g/mol. The first-order chi connectivity index (χ1) is 41.6.